The van der Waals surface area contributed by atoms with Gasteiger partial charge >= 0.3 is 5.97 Å². The van der Waals surface area contributed by atoms with Gasteiger partial charge in [0.05, 0.1) is 38.5 Å². The average Bonchev–Trinajstić information content (AvgIpc) is 3.27. The van der Waals surface area contributed by atoms with Crippen LogP contribution in [-0.2, 0) is 9.53 Å². The highest BCUT2D eigenvalue weighted by Gasteiger charge is 2.39. The fourth-order valence-corrected chi connectivity index (χ4v) is 4.22. The Morgan fingerprint density at radius 1 is 1.03 bits per heavy atom. The summed E-state index contributed by atoms with van der Waals surface area (Å²) >= 11 is 6.22. The number of esters is 1. The molecule has 0 saturated carbocycles. The molecular weight excluding hydrogens is 420 g/mol. The molecule has 2 N–H and O–H groups in total. The SMILES string of the molecule is COC(=O)c1c(C)[nH]c(-c2ccc(OC)c(OC)c2)c1[C@H]1C(=O)Nc2ccc(Cl)cc21. The topological polar surface area (TPSA) is 89.7 Å². The van der Waals surface area contributed by atoms with E-state index in [0.29, 0.717) is 50.3 Å². The molecule has 0 bridgehead atoms. The van der Waals surface area contributed by atoms with Crippen molar-refractivity contribution in [3.8, 4) is 22.8 Å². The van der Waals surface area contributed by atoms with Crippen molar-refractivity contribution >= 4 is 29.2 Å². The molecule has 3 aromatic rings. The monoisotopic (exact) mass is 440 g/mol. The van der Waals surface area contributed by atoms with Crippen LogP contribution in [0.15, 0.2) is 36.4 Å². The molecule has 2 aromatic carbocycles. The zero-order valence-electron chi connectivity index (χ0n) is 17.5. The highest BCUT2D eigenvalue weighted by Crippen LogP contribution is 2.45. The minimum Gasteiger partial charge on any atom is -0.493 e. The Hall–Kier alpha value is -3.45. The summed E-state index contributed by atoms with van der Waals surface area (Å²) in [6, 6.07) is 10.6. The van der Waals surface area contributed by atoms with E-state index in [2.05, 4.69) is 10.3 Å². The number of hydrogen-bond donors (Lipinski definition) is 2. The van der Waals surface area contributed by atoms with E-state index in [9.17, 15) is 9.59 Å². The molecule has 1 atom stereocenters. The number of hydrogen-bond acceptors (Lipinski definition) is 5. The van der Waals surface area contributed by atoms with Crippen LogP contribution in [0.25, 0.3) is 11.3 Å². The van der Waals surface area contributed by atoms with Crippen molar-refractivity contribution in [1.29, 1.82) is 0 Å². The van der Waals surface area contributed by atoms with Crippen LogP contribution < -0.4 is 14.8 Å². The van der Waals surface area contributed by atoms with Crippen LogP contribution >= 0.6 is 11.6 Å². The summed E-state index contributed by atoms with van der Waals surface area (Å²) in [5.74, 6) is -0.421. The second-order valence-electron chi connectivity index (χ2n) is 7.13. The maximum absolute atomic E-state index is 13.1. The number of aryl methyl sites for hydroxylation is 1. The molecule has 0 radical (unpaired) electrons. The first-order chi connectivity index (χ1) is 14.9. The maximum Gasteiger partial charge on any atom is 0.340 e. The van der Waals surface area contributed by atoms with Gasteiger partial charge in [0.15, 0.2) is 11.5 Å². The van der Waals surface area contributed by atoms with Crippen molar-refractivity contribution in [3.63, 3.8) is 0 Å². The van der Waals surface area contributed by atoms with Crippen molar-refractivity contribution in [2.45, 2.75) is 12.8 Å². The van der Waals surface area contributed by atoms with Gasteiger partial charge in [-0.05, 0) is 48.9 Å². The van der Waals surface area contributed by atoms with E-state index in [1.165, 1.54) is 7.11 Å². The lowest BCUT2D eigenvalue weighted by Gasteiger charge is -2.15. The number of H-pyrrole nitrogens is 1. The number of aromatic nitrogens is 1. The van der Waals surface area contributed by atoms with Gasteiger partial charge in [0.1, 0.15) is 0 Å². The second kappa shape index (κ2) is 8.00. The zero-order valence-corrected chi connectivity index (χ0v) is 18.2. The lowest BCUT2D eigenvalue weighted by atomic mass is 9.87. The van der Waals surface area contributed by atoms with E-state index in [1.54, 1.807) is 51.5 Å². The summed E-state index contributed by atoms with van der Waals surface area (Å²) in [7, 11) is 4.42. The van der Waals surface area contributed by atoms with Crippen LogP contribution in [0.4, 0.5) is 5.69 Å². The molecule has 7 nitrogen and oxygen atoms in total. The molecular formula is C23H21ClN2O5. The van der Waals surface area contributed by atoms with Gasteiger partial charge in [-0.25, -0.2) is 4.79 Å². The number of methoxy groups -OCH3 is 3. The summed E-state index contributed by atoms with van der Waals surface area (Å²) in [6.45, 7) is 1.77. The molecule has 31 heavy (non-hydrogen) atoms. The predicted molar refractivity (Wildman–Crippen MR) is 117 cm³/mol. The van der Waals surface area contributed by atoms with E-state index in [0.717, 1.165) is 5.56 Å². The van der Waals surface area contributed by atoms with Gasteiger partial charge in [0.25, 0.3) is 0 Å². The molecule has 0 spiro atoms. The van der Waals surface area contributed by atoms with E-state index >= 15 is 0 Å². The summed E-state index contributed by atoms with van der Waals surface area (Å²) in [5, 5.41) is 3.38. The van der Waals surface area contributed by atoms with Crippen LogP contribution in [-0.4, -0.2) is 38.2 Å². The minimum atomic E-state index is -0.740. The van der Waals surface area contributed by atoms with Crippen LogP contribution in [0.1, 0.15) is 33.1 Å². The fourth-order valence-electron chi connectivity index (χ4n) is 4.04. The predicted octanol–water partition coefficient (Wildman–Crippen LogP) is 4.53. The van der Waals surface area contributed by atoms with Gasteiger partial charge < -0.3 is 24.5 Å². The Balaban J connectivity index is 1.99. The van der Waals surface area contributed by atoms with Crippen molar-refractivity contribution in [2.24, 2.45) is 0 Å². The number of halogens is 1. The molecule has 1 amide bonds. The van der Waals surface area contributed by atoms with Crippen LogP contribution in [0.5, 0.6) is 11.5 Å². The Morgan fingerprint density at radius 2 is 1.77 bits per heavy atom. The number of fused-ring (bicyclic) bond motifs is 1. The number of amides is 1. The van der Waals surface area contributed by atoms with Gasteiger partial charge in [0, 0.05) is 27.5 Å². The second-order valence-corrected chi connectivity index (χ2v) is 7.57. The Bertz CT molecular complexity index is 1200. The first-order valence-corrected chi connectivity index (χ1v) is 9.90. The molecule has 4 rings (SSSR count). The van der Waals surface area contributed by atoms with Crippen molar-refractivity contribution in [2.75, 3.05) is 26.6 Å². The van der Waals surface area contributed by atoms with Crippen molar-refractivity contribution in [3.05, 3.63) is 63.8 Å². The number of carbonyl (C=O) groups excluding carboxylic acids is 2. The number of ether oxygens (including phenoxy) is 3. The third-order valence-electron chi connectivity index (χ3n) is 5.42. The smallest absolute Gasteiger partial charge is 0.340 e. The van der Waals surface area contributed by atoms with Crippen LogP contribution in [0.3, 0.4) is 0 Å². The number of aromatic amines is 1. The number of anilines is 1. The summed E-state index contributed by atoms with van der Waals surface area (Å²) in [4.78, 5) is 29.0. The lowest BCUT2D eigenvalue weighted by molar-refractivity contribution is -0.116. The Labute approximate surface area is 184 Å². The van der Waals surface area contributed by atoms with Crippen LogP contribution in [0, 0.1) is 6.92 Å². The highest BCUT2D eigenvalue weighted by molar-refractivity contribution is 6.31. The number of rotatable bonds is 5. The van der Waals surface area contributed by atoms with Gasteiger partial charge in [-0.2, -0.15) is 0 Å². The molecule has 1 aromatic heterocycles. The Kier molecular flexibility index (Phi) is 5.37. The normalized spacial score (nSPS) is 14.7. The first kappa shape index (κ1) is 20.8. The fraction of sp³-hybridized carbons (Fsp3) is 0.217. The molecule has 160 valence electrons. The number of carbonyl (C=O) groups is 2. The first-order valence-electron chi connectivity index (χ1n) is 9.53. The summed E-state index contributed by atoms with van der Waals surface area (Å²) in [6.07, 6.45) is 0. The highest BCUT2D eigenvalue weighted by atomic mass is 35.5. The molecule has 0 aliphatic carbocycles. The molecule has 1 aliphatic heterocycles. The van der Waals surface area contributed by atoms with E-state index in [1.807, 2.05) is 6.07 Å². The van der Waals surface area contributed by atoms with Crippen molar-refractivity contribution in [1.82, 2.24) is 4.98 Å². The summed E-state index contributed by atoms with van der Waals surface area (Å²) in [5.41, 5.74) is 4.14. The number of benzene rings is 2. The summed E-state index contributed by atoms with van der Waals surface area (Å²) < 4.78 is 15.8. The van der Waals surface area contributed by atoms with Gasteiger partial charge in [0.2, 0.25) is 5.91 Å². The maximum atomic E-state index is 13.1. The largest absolute Gasteiger partial charge is 0.493 e. The van der Waals surface area contributed by atoms with Gasteiger partial charge in [-0.15, -0.1) is 0 Å². The molecule has 0 saturated heterocycles. The van der Waals surface area contributed by atoms with Crippen LogP contribution in [0.2, 0.25) is 5.02 Å². The average molecular weight is 441 g/mol. The quantitative estimate of drug-likeness (QED) is 0.569. The standard InChI is InChI=1S/C23H21ClN2O5/c1-11-18(23(28)31-4)20(19-14-10-13(24)6-7-15(14)26-22(19)27)21(25-11)12-5-8-16(29-2)17(9-12)30-3/h5-10,19,25H,1-4H3,(H,26,27)/t19-/m0/s1. The van der Waals surface area contributed by atoms with Gasteiger partial charge in [-0.3, -0.25) is 4.79 Å². The third-order valence-corrected chi connectivity index (χ3v) is 5.66. The minimum absolute atomic E-state index is 0.247. The molecule has 0 unspecified atom stereocenters. The van der Waals surface area contributed by atoms with E-state index in [4.69, 9.17) is 25.8 Å². The molecule has 1 aliphatic rings. The zero-order chi connectivity index (χ0) is 22.3. The molecule has 8 heteroatoms. The third kappa shape index (κ3) is 3.41. The van der Waals surface area contributed by atoms with Crippen molar-refractivity contribution < 1.29 is 23.8 Å². The molecule has 0 fully saturated rings. The number of nitrogens with one attached hydrogen (secondary N) is 2. The van der Waals surface area contributed by atoms with E-state index < -0.39 is 11.9 Å². The lowest BCUT2D eigenvalue weighted by Crippen LogP contribution is -2.17. The van der Waals surface area contributed by atoms with E-state index in [-0.39, 0.29) is 5.91 Å². The molecule has 2 heterocycles. The Morgan fingerprint density at radius 3 is 2.45 bits per heavy atom. The van der Waals surface area contributed by atoms with Gasteiger partial charge in [-0.1, -0.05) is 11.6 Å².